The third-order valence-corrected chi connectivity index (χ3v) is 3.86. The maximum absolute atomic E-state index is 13.2. The molecule has 5 nitrogen and oxygen atoms in total. The standard InChI is InChI=1S/C12H14F3N3O2/c1-20-11(19)7-5-16-18-9(12(13,14)15)4-8(6-2-3-6)17-10(7)18/h5-6,8-9,17H,2-4H2,1H3. The number of halogens is 3. The molecule has 110 valence electrons. The number of alkyl halides is 3. The highest BCUT2D eigenvalue weighted by molar-refractivity contribution is 5.94. The SMILES string of the molecule is COC(=O)c1cnn2c1NC(C1CC1)CC2C(F)(F)F. The van der Waals surface area contributed by atoms with Gasteiger partial charge in [0.25, 0.3) is 0 Å². The second kappa shape index (κ2) is 4.39. The van der Waals surface area contributed by atoms with Gasteiger partial charge in [0.1, 0.15) is 11.4 Å². The van der Waals surface area contributed by atoms with Crippen molar-refractivity contribution in [1.82, 2.24) is 9.78 Å². The minimum atomic E-state index is -4.39. The van der Waals surface area contributed by atoms with Crippen LogP contribution in [0.15, 0.2) is 6.20 Å². The highest BCUT2D eigenvalue weighted by atomic mass is 19.4. The fourth-order valence-electron chi connectivity index (χ4n) is 2.66. The van der Waals surface area contributed by atoms with E-state index in [0.717, 1.165) is 23.7 Å². The first-order chi connectivity index (χ1) is 9.41. The van der Waals surface area contributed by atoms with Crippen LogP contribution < -0.4 is 5.32 Å². The predicted octanol–water partition coefficient (Wildman–Crippen LogP) is 2.37. The summed E-state index contributed by atoms with van der Waals surface area (Å²) in [6.07, 6.45) is -1.47. The van der Waals surface area contributed by atoms with E-state index in [-0.39, 0.29) is 29.8 Å². The summed E-state index contributed by atoms with van der Waals surface area (Å²) in [5, 5.41) is 6.75. The molecule has 3 rings (SSSR count). The van der Waals surface area contributed by atoms with Gasteiger partial charge in [0.2, 0.25) is 0 Å². The van der Waals surface area contributed by atoms with Crippen LogP contribution in [0.4, 0.5) is 19.0 Å². The zero-order valence-electron chi connectivity index (χ0n) is 10.8. The maximum atomic E-state index is 13.2. The van der Waals surface area contributed by atoms with E-state index in [1.807, 2.05) is 0 Å². The van der Waals surface area contributed by atoms with Crippen LogP contribution in [-0.4, -0.2) is 35.1 Å². The Morgan fingerprint density at radius 3 is 2.75 bits per heavy atom. The molecule has 0 amide bonds. The Kier molecular flexibility index (Phi) is 2.91. The van der Waals surface area contributed by atoms with E-state index in [4.69, 9.17) is 0 Å². The predicted molar refractivity (Wildman–Crippen MR) is 63.4 cm³/mol. The lowest BCUT2D eigenvalue weighted by Gasteiger charge is -2.33. The lowest BCUT2D eigenvalue weighted by atomic mass is 9.99. The van der Waals surface area contributed by atoms with Crippen molar-refractivity contribution in [2.75, 3.05) is 12.4 Å². The molecular formula is C12H14F3N3O2. The molecule has 2 unspecified atom stereocenters. The first kappa shape index (κ1) is 13.3. The molecular weight excluding hydrogens is 275 g/mol. The molecule has 2 heterocycles. The van der Waals surface area contributed by atoms with Crippen molar-refractivity contribution < 1.29 is 22.7 Å². The fraction of sp³-hybridized carbons (Fsp3) is 0.667. The zero-order chi connectivity index (χ0) is 14.5. The molecule has 2 atom stereocenters. The number of aromatic nitrogens is 2. The van der Waals surface area contributed by atoms with E-state index in [1.165, 1.54) is 7.11 Å². The molecule has 1 N–H and O–H groups in total. The third-order valence-electron chi connectivity index (χ3n) is 3.86. The van der Waals surface area contributed by atoms with Gasteiger partial charge < -0.3 is 10.1 Å². The summed E-state index contributed by atoms with van der Waals surface area (Å²) in [5.74, 6) is -0.326. The van der Waals surface area contributed by atoms with Crippen molar-refractivity contribution >= 4 is 11.8 Å². The topological polar surface area (TPSA) is 56.1 Å². The molecule has 0 spiro atoms. The van der Waals surface area contributed by atoms with E-state index in [1.54, 1.807) is 0 Å². The Labute approximate surface area is 113 Å². The van der Waals surface area contributed by atoms with Gasteiger partial charge in [0, 0.05) is 6.04 Å². The van der Waals surface area contributed by atoms with Gasteiger partial charge in [-0.15, -0.1) is 0 Å². The smallest absolute Gasteiger partial charge is 0.410 e. The number of ether oxygens (including phenoxy) is 1. The lowest BCUT2D eigenvalue weighted by Crippen LogP contribution is -2.40. The van der Waals surface area contributed by atoms with Crippen LogP contribution in [0.25, 0.3) is 0 Å². The molecule has 1 saturated carbocycles. The fourth-order valence-corrected chi connectivity index (χ4v) is 2.66. The number of anilines is 1. The molecule has 0 bridgehead atoms. The third kappa shape index (κ3) is 2.12. The van der Waals surface area contributed by atoms with Crippen LogP contribution >= 0.6 is 0 Å². The van der Waals surface area contributed by atoms with Gasteiger partial charge in [0.05, 0.1) is 13.3 Å². The van der Waals surface area contributed by atoms with Crippen LogP contribution in [0.1, 0.15) is 35.7 Å². The van der Waals surface area contributed by atoms with Gasteiger partial charge in [-0.05, 0) is 25.2 Å². The number of nitrogens with one attached hydrogen (secondary N) is 1. The Morgan fingerprint density at radius 2 is 2.20 bits per heavy atom. The summed E-state index contributed by atoms with van der Waals surface area (Å²) in [5.41, 5.74) is 0.0482. The monoisotopic (exact) mass is 289 g/mol. The Balaban J connectivity index is 2.01. The summed E-state index contributed by atoms with van der Waals surface area (Å²) >= 11 is 0. The van der Waals surface area contributed by atoms with Crippen molar-refractivity contribution in [2.45, 2.75) is 37.5 Å². The summed E-state index contributed by atoms with van der Waals surface area (Å²) in [4.78, 5) is 11.6. The van der Waals surface area contributed by atoms with Crippen LogP contribution in [0.2, 0.25) is 0 Å². The van der Waals surface area contributed by atoms with Gasteiger partial charge in [-0.25, -0.2) is 9.48 Å². The van der Waals surface area contributed by atoms with Crippen molar-refractivity contribution in [1.29, 1.82) is 0 Å². The summed E-state index contributed by atoms with van der Waals surface area (Å²) in [6, 6.07) is -1.96. The number of nitrogens with zero attached hydrogens (tertiary/aromatic N) is 2. The molecule has 0 aromatic carbocycles. The van der Waals surface area contributed by atoms with E-state index >= 15 is 0 Å². The zero-order valence-corrected chi connectivity index (χ0v) is 10.8. The average Bonchev–Trinajstić information content (AvgIpc) is 3.15. The van der Waals surface area contributed by atoms with Crippen molar-refractivity contribution in [3.05, 3.63) is 11.8 Å². The van der Waals surface area contributed by atoms with Crippen LogP contribution in [0, 0.1) is 5.92 Å². The maximum Gasteiger partial charge on any atom is 0.410 e. The average molecular weight is 289 g/mol. The normalized spacial score (nSPS) is 25.8. The van der Waals surface area contributed by atoms with Crippen molar-refractivity contribution in [3.63, 3.8) is 0 Å². The lowest BCUT2D eigenvalue weighted by molar-refractivity contribution is -0.174. The quantitative estimate of drug-likeness (QED) is 0.849. The van der Waals surface area contributed by atoms with Gasteiger partial charge in [-0.3, -0.25) is 0 Å². The summed E-state index contributed by atoms with van der Waals surface area (Å²) in [6.45, 7) is 0. The van der Waals surface area contributed by atoms with Crippen molar-refractivity contribution in [2.24, 2.45) is 5.92 Å². The van der Waals surface area contributed by atoms with E-state index in [9.17, 15) is 18.0 Å². The Bertz CT molecular complexity index is 537. The van der Waals surface area contributed by atoms with Gasteiger partial charge in [-0.1, -0.05) is 0 Å². The van der Waals surface area contributed by atoms with Crippen LogP contribution in [0.3, 0.4) is 0 Å². The minimum absolute atomic E-state index is 0.0482. The molecule has 20 heavy (non-hydrogen) atoms. The number of hydrogen-bond acceptors (Lipinski definition) is 4. The number of esters is 1. The van der Waals surface area contributed by atoms with E-state index in [0.29, 0.717) is 0 Å². The molecule has 0 radical (unpaired) electrons. The second-order valence-corrected chi connectivity index (χ2v) is 5.22. The van der Waals surface area contributed by atoms with Crippen LogP contribution in [0.5, 0.6) is 0 Å². The molecule has 1 aliphatic heterocycles. The first-order valence-electron chi connectivity index (χ1n) is 6.41. The van der Waals surface area contributed by atoms with Gasteiger partial charge in [-0.2, -0.15) is 18.3 Å². The number of rotatable bonds is 2. The summed E-state index contributed by atoms with van der Waals surface area (Å²) in [7, 11) is 1.19. The Hall–Kier alpha value is -1.73. The molecule has 1 aliphatic carbocycles. The number of methoxy groups -OCH3 is 1. The summed E-state index contributed by atoms with van der Waals surface area (Å²) < 4.78 is 44.9. The minimum Gasteiger partial charge on any atom is -0.465 e. The van der Waals surface area contributed by atoms with E-state index in [2.05, 4.69) is 15.2 Å². The first-order valence-corrected chi connectivity index (χ1v) is 6.41. The number of carbonyl (C=O) groups is 1. The highest BCUT2D eigenvalue weighted by Gasteiger charge is 2.49. The number of fused-ring (bicyclic) bond motifs is 1. The molecule has 2 aliphatic rings. The van der Waals surface area contributed by atoms with Gasteiger partial charge >= 0.3 is 12.1 Å². The molecule has 1 fully saturated rings. The van der Waals surface area contributed by atoms with Crippen molar-refractivity contribution in [3.8, 4) is 0 Å². The second-order valence-electron chi connectivity index (χ2n) is 5.22. The molecule has 8 heteroatoms. The highest BCUT2D eigenvalue weighted by Crippen LogP contribution is 2.46. The molecule has 0 saturated heterocycles. The largest absolute Gasteiger partial charge is 0.465 e. The van der Waals surface area contributed by atoms with Gasteiger partial charge in [0.15, 0.2) is 6.04 Å². The Morgan fingerprint density at radius 1 is 1.50 bits per heavy atom. The number of hydrogen-bond donors (Lipinski definition) is 1. The molecule has 1 aromatic rings. The molecule has 1 aromatic heterocycles. The number of carbonyl (C=O) groups excluding carboxylic acids is 1. The van der Waals surface area contributed by atoms with Crippen LogP contribution in [-0.2, 0) is 4.74 Å². The van der Waals surface area contributed by atoms with E-state index < -0.39 is 18.2 Å².